The van der Waals surface area contributed by atoms with Crippen LogP contribution in [0, 0.1) is 5.92 Å². The molecule has 2 heterocycles. The first-order chi connectivity index (χ1) is 12.1. The highest BCUT2D eigenvalue weighted by atomic mass is 32.2. The number of carbonyl (C=O) groups is 2. The minimum atomic E-state index is -0.221. The van der Waals surface area contributed by atoms with Crippen LogP contribution in [0.25, 0.3) is 0 Å². The maximum absolute atomic E-state index is 12.4. The van der Waals surface area contributed by atoms with Gasteiger partial charge >= 0.3 is 0 Å². The molecule has 130 valence electrons. The number of hydrazine groups is 1. The van der Waals surface area contributed by atoms with Gasteiger partial charge in [-0.3, -0.25) is 20.4 Å². The number of fused-ring (bicyclic) bond motifs is 2. The third-order valence-electron chi connectivity index (χ3n) is 4.79. The van der Waals surface area contributed by atoms with Crippen LogP contribution in [-0.4, -0.2) is 17.1 Å². The van der Waals surface area contributed by atoms with E-state index in [9.17, 15) is 9.59 Å². The number of thiophene rings is 1. The van der Waals surface area contributed by atoms with Gasteiger partial charge in [0.25, 0.3) is 11.8 Å². The normalized spacial score (nSPS) is 21.3. The topological polar surface area (TPSA) is 58.2 Å². The summed E-state index contributed by atoms with van der Waals surface area (Å²) in [5.74, 6) is 0.309. The van der Waals surface area contributed by atoms with Crippen molar-refractivity contribution in [2.45, 2.75) is 42.8 Å². The number of nitrogens with one attached hydrogen (secondary N) is 2. The van der Waals surface area contributed by atoms with E-state index in [0.29, 0.717) is 17.2 Å². The molecule has 0 spiro atoms. The van der Waals surface area contributed by atoms with Crippen LogP contribution in [0.4, 0.5) is 0 Å². The fraction of sp³-hybridized carbons (Fsp3) is 0.368. The SMILES string of the molecule is CC1CCc2sc(C(=O)NNC(=O)C3Cc4ccccc4S3)cc2C1. The average molecular weight is 373 g/mol. The predicted molar refractivity (Wildman–Crippen MR) is 101 cm³/mol. The summed E-state index contributed by atoms with van der Waals surface area (Å²) >= 11 is 3.10. The van der Waals surface area contributed by atoms with Gasteiger partial charge in [-0.05, 0) is 54.9 Å². The third kappa shape index (κ3) is 3.46. The molecular formula is C19H20N2O2S2. The first-order valence-electron chi connectivity index (χ1n) is 8.56. The molecule has 2 unspecified atom stereocenters. The molecule has 6 heteroatoms. The second-order valence-corrected chi connectivity index (χ2v) is 9.15. The standard InChI is InChI=1S/C19H20N2O2S2/c1-11-6-7-15-13(8-11)10-17(25-15)19(23)21-20-18(22)16-9-12-4-2-3-5-14(12)24-16/h2-5,10-11,16H,6-9H2,1H3,(H,20,22)(H,21,23). The van der Waals surface area contributed by atoms with Crippen LogP contribution in [0.2, 0.25) is 0 Å². The van der Waals surface area contributed by atoms with Crippen molar-refractivity contribution in [2.24, 2.45) is 5.92 Å². The highest BCUT2D eigenvalue weighted by Crippen LogP contribution is 2.36. The molecule has 2 aromatic rings. The van der Waals surface area contributed by atoms with E-state index in [2.05, 4.69) is 17.8 Å². The summed E-state index contributed by atoms with van der Waals surface area (Å²) < 4.78 is 0. The van der Waals surface area contributed by atoms with Crippen LogP contribution in [0.15, 0.2) is 35.2 Å². The molecule has 1 aromatic heterocycles. The molecule has 0 bridgehead atoms. The lowest BCUT2D eigenvalue weighted by atomic mass is 9.90. The van der Waals surface area contributed by atoms with Crippen LogP contribution >= 0.6 is 23.1 Å². The summed E-state index contributed by atoms with van der Waals surface area (Å²) in [6.45, 7) is 2.25. The molecule has 0 radical (unpaired) electrons. The zero-order chi connectivity index (χ0) is 17.4. The molecule has 0 saturated carbocycles. The number of amides is 2. The fourth-order valence-corrected chi connectivity index (χ4v) is 5.71. The monoisotopic (exact) mass is 372 g/mol. The van der Waals surface area contributed by atoms with Gasteiger partial charge < -0.3 is 0 Å². The van der Waals surface area contributed by atoms with Crippen LogP contribution in [0.1, 0.15) is 39.0 Å². The van der Waals surface area contributed by atoms with E-state index in [1.165, 1.54) is 22.4 Å². The number of hydrogen-bond acceptors (Lipinski definition) is 4. The fourth-order valence-electron chi connectivity index (χ4n) is 3.41. The molecule has 4 nitrogen and oxygen atoms in total. The van der Waals surface area contributed by atoms with Crippen molar-refractivity contribution in [3.05, 3.63) is 51.2 Å². The zero-order valence-electron chi connectivity index (χ0n) is 14.0. The van der Waals surface area contributed by atoms with E-state index in [4.69, 9.17) is 0 Å². The van der Waals surface area contributed by atoms with E-state index in [1.807, 2.05) is 30.3 Å². The molecule has 1 aliphatic heterocycles. The quantitative estimate of drug-likeness (QED) is 0.795. The van der Waals surface area contributed by atoms with Crippen molar-refractivity contribution in [1.29, 1.82) is 0 Å². The average Bonchev–Trinajstić information content (AvgIpc) is 3.22. The van der Waals surface area contributed by atoms with Crippen molar-refractivity contribution >= 4 is 34.9 Å². The van der Waals surface area contributed by atoms with Gasteiger partial charge in [0.15, 0.2) is 0 Å². The molecule has 0 fully saturated rings. The van der Waals surface area contributed by atoms with Crippen molar-refractivity contribution in [3.63, 3.8) is 0 Å². The van der Waals surface area contributed by atoms with Gasteiger partial charge in [-0.1, -0.05) is 25.1 Å². The number of carbonyl (C=O) groups excluding carboxylic acids is 2. The summed E-state index contributed by atoms with van der Waals surface area (Å²) in [6, 6.07) is 10.0. The van der Waals surface area contributed by atoms with Gasteiger partial charge in [0.1, 0.15) is 0 Å². The van der Waals surface area contributed by atoms with E-state index in [-0.39, 0.29) is 17.1 Å². The Balaban J connectivity index is 1.34. The second-order valence-electron chi connectivity index (χ2n) is 6.77. The Morgan fingerprint density at radius 2 is 1.96 bits per heavy atom. The van der Waals surface area contributed by atoms with E-state index < -0.39 is 0 Å². The van der Waals surface area contributed by atoms with Gasteiger partial charge in [0.05, 0.1) is 10.1 Å². The minimum Gasteiger partial charge on any atom is -0.272 e. The van der Waals surface area contributed by atoms with Crippen LogP contribution in [0.3, 0.4) is 0 Å². The van der Waals surface area contributed by atoms with Gasteiger partial charge in [-0.2, -0.15) is 0 Å². The van der Waals surface area contributed by atoms with Gasteiger partial charge in [0.2, 0.25) is 0 Å². The number of hydrogen-bond donors (Lipinski definition) is 2. The Morgan fingerprint density at radius 1 is 1.12 bits per heavy atom. The van der Waals surface area contributed by atoms with E-state index in [1.54, 1.807) is 23.1 Å². The smallest absolute Gasteiger partial charge is 0.272 e. The Labute approximate surface area is 155 Å². The lowest BCUT2D eigenvalue weighted by molar-refractivity contribution is -0.121. The minimum absolute atomic E-state index is 0.149. The molecule has 4 rings (SSSR count). The summed E-state index contributed by atoms with van der Waals surface area (Å²) in [5, 5.41) is -0.185. The maximum atomic E-state index is 12.4. The molecule has 2 N–H and O–H groups in total. The van der Waals surface area contributed by atoms with E-state index in [0.717, 1.165) is 17.7 Å². The third-order valence-corrected chi connectivity index (χ3v) is 7.35. The summed E-state index contributed by atoms with van der Waals surface area (Å²) in [5.41, 5.74) is 7.66. The van der Waals surface area contributed by atoms with Crippen LogP contribution in [0.5, 0.6) is 0 Å². The van der Waals surface area contributed by atoms with Crippen LogP contribution < -0.4 is 10.9 Å². The largest absolute Gasteiger partial charge is 0.279 e. The highest BCUT2D eigenvalue weighted by molar-refractivity contribution is 8.01. The first kappa shape index (κ1) is 16.7. The Hall–Kier alpha value is -1.79. The molecule has 2 atom stereocenters. The molecule has 25 heavy (non-hydrogen) atoms. The van der Waals surface area contributed by atoms with E-state index >= 15 is 0 Å². The van der Waals surface area contributed by atoms with Crippen molar-refractivity contribution in [1.82, 2.24) is 10.9 Å². The van der Waals surface area contributed by atoms with Crippen molar-refractivity contribution < 1.29 is 9.59 Å². The van der Waals surface area contributed by atoms with Gasteiger partial charge in [0, 0.05) is 9.77 Å². The maximum Gasteiger partial charge on any atom is 0.279 e. The number of rotatable bonds is 2. The second kappa shape index (κ2) is 6.84. The lowest BCUT2D eigenvalue weighted by Gasteiger charge is -2.16. The van der Waals surface area contributed by atoms with Crippen LogP contribution in [-0.2, 0) is 24.1 Å². The molecule has 1 aliphatic carbocycles. The van der Waals surface area contributed by atoms with Crippen molar-refractivity contribution in [3.8, 4) is 0 Å². The number of benzene rings is 1. The molecule has 1 aromatic carbocycles. The Bertz CT molecular complexity index is 806. The summed E-state index contributed by atoms with van der Waals surface area (Å²) in [6.07, 6.45) is 3.98. The number of aryl methyl sites for hydroxylation is 1. The summed E-state index contributed by atoms with van der Waals surface area (Å²) in [7, 11) is 0. The van der Waals surface area contributed by atoms with Crippen molar-refractivity contribution in [2.75, 3.05) is 0 Å². The molecule has 0 saturated heterocycles. The van der Waals surface area contributed by atoms with Gasteiger partial charge in [-0.15, -0.1) is 23.1 Å². The summed E-state index contributed by atoms with van der Waals surface area (Å²) in [4.78, 5) is 27.8. The molecule has 2 aliphatic rings. The van der Waals surface area contributed by atoms with Gasteiger partial charge in [-0.25, -0.2) is 0 Å². The predicted octanol–water partition coefficient (Wildman–Crippen LogP) is 3.35. The first-order valence-corrected chi connectivity index (χ1v) is 10.3. The lowest BCUT2D eigenvalue weighted by Crippen LogP contribution is -2.45. The zero-order valence-corrected chi connectivity index (χ0v) is 15.6. The molecular weight excluding hydrogens is 352 g/mol. The Kier molecular flexibility index (Phi) is 4.56. The highest BCUT2D eigenvalue weighted by Gasteiger charge is 2.28. The molecule has 2 amide bonds. The Morgan fingerprint density at radius 3 is 2.80 bits per heavy atom. The number of thioether (sulfide) groups is 1.